The van der Waals surface area contributed by atoms with Gasteiger partial charge in [0.1, 0.15) is 6.04 Å². The Morgan fingerprint density at radius 3 is 2.29 bits per heavy atom. The van der Waals surface area contributed by atoms with E-state index in [1.54, 1.807) is 0 Å². The summed E-state index contributed by atoms with van der Waals surface area (Å²) in [6.45, 7) is 4.50. The maximum absolute atomic E-state index is 12.4. The van der Waals surface area contributed by atoms with E-state index in [0.717, 1.165) is 6.54 Å². The lowest BCUT2D eigenvalue weighted by molar-refractivity contribution is -0.143. The van der Waals surface area contributed by atoms with E-state index in [1.165, 1.54) is 32.1 Å². The lowest BCUT2D eigenvalue weighted by atomic mass is 9.86. The number of nitrogens with zero attached hydrogens (tertiary/aromatic N) is 2. The molecule has 24 heavy (non-hydrogen) atoms. The molecule has 2 heterocycles. The molecule has 7 heteroatoms. The fraction of sp³-hybridized carbons (Fsp3) is 0.882. The molecule has 2 saturated heterocycles. The van der Waals surface area contributed by atoms with Gasteiger partial charge in [0.15, 0.2) is 0 Å². The molecule has 0 aromatic rings. The maximum Gasteiger partial charge on any atom is 0.242 e. The van der Waals surface area contributed by atoms with Gasteiger partial charge in [-0.15, -0.1) is 12.4 Å². The predicted molar refractivity (Wildman–Crippen MR) is 94.2 cm³/mol. The number of halogens is 1. The van der Waals surface area contributed by atoms with E-state index in [2.05, 4.69) is 5.32 Å². The lowest BCUT2D eigenvalue weighted by Crippen LogP contribution is -2.57. The first-order valence-electron chi connectivity index (χ1n) is 9.12. The first-order valence-corrected chi connectivity index (χ1v) is 9.12. The number of carbonyl (C=O) groups excluding carboxylic acids is 2. The molecule has 1 aliphatic carbocycles. The second kappa shape index (κ2) is 9.59. The quantitative estimate of drug-likeness (QED) is 0.817. The molecule has 3 aliphatic rings. The van der Waals surface area contributed by atoms with Gasteiger partial charge in [-0.3, -0.25) is 9.59 Å². The summed E-state index contributed by atoms with van der Waals surface area (Å²) in [6.07, 6.45) is 6.98. The van der Waals surface area contributed by atoms with E-state index in [1.807, 2.05) is 9.80 Å². The Kier molecular flexibility index (Phi) is 7.78. The van der Waals surface area contributed by atoms with Gasteiger partial charge in [0, 0.05) is 39.1 Å². The van der Waals surface area contributed by atoms with Crippen molar-refractivity contribution < 1.29 is 14.3 Å². The summed E-state index contributed by atoms with van der Waals surface area (Å²) in [5, 5.41) is 3.21. The van der Waals surface area contributed by atoms with Crippen molar-refractivity contribution >= 4 is 24.2 Å². The van der Waals surface area contributed by atoms with Gasteiger partial charge < -0.3 is 19.9 Å². The maximum atomic E-state index is 12.4. The van der Waals surface area contributed by atoms with Crippen LogP contribution in [0, 0.1) is 5.92 Å². The van der Waals surface area contributed by atoms with Crippen molar-refractivity contribution in [1.29, 1.82) is 0 Å². The molecule has 0 bridgehead atoms. The Bertz CT molecular complexity index is 415. The van der Waals surface area contributed by atoms with Crippen LogP contribution in [-0.2, 0) is 14.3 Å². The zero-order chi connectivity index (χ0) is 16.1. The summed E-state index contributed by atoms with van der Waals surface area (Å²) in [5.74, 6) is 0.978. The molecule has 0 spiro atoms. The van der Waals surface area contributed by atoms with E-state index in [0.29, 0.717) is 51.7 Å². The van der Waals surface area contributed by atoms with Crippen molar-refractivity contribution in [1.82, 2.24) is 15.1 Å². The SMILES string of the molecule is Cl.O=C(CC1CCCCC1)N1CCN(C(=O)C2COCCN2)CC1. The van der Waals surface area contributed by atoms with Crippen molar-refractivity contribution in [3.8, 4) is 0 Å². The smallest absolute Gasteiger partial charge is 0.242 e. The van der Waals surface area contributed by atoms with Gasteiger partial charge in [0.25, 0.3) is 0 Å². The Morgan fingerprint density at radius 1 is 1.00 bits per heavy atom. The predicted octanol–water partition coefficient (Wildman–Crippen LogP) is 1.04. The van der Waals surface area contributed by atoms with Crippen molar-refractivity contribution in [3.63, 3.8) is 0 Å². The molecule has 1 N–H and O–H groups in total. The molecule has 1 unspecified atom stereocenters. The van der Waals surface area contributed by atoms with Gasteiger partial charge in [-0.2, -0.15) is 0 Å². The van der Waals surface area contributed by atoms with Crippen LogP contribution >= 0.6 is 12.4 Å². The number of ether oxygens (including phenoxy) is 1. The van der Waals surface area contributed by atoms with Crippen molar-refractivity contribution in [3.05, 3.63) is 0 Å². The number of rotatable bonds is 3. The highest BCUT2D eigenvalue weighted by atomic mass is 35.5. The molecule has 1 atom stereocenters. The molecule has 2 amide bonds. The minimum atomic E-state index is -0.215. The van der Waals surface area contributed by atoms with Gasteiger partial charge in [-0.25, -0.2) is 0 Å². The summed E-state index contributed by atoms with van der Waals surface area (Å²) >= 11 is 0. The van der Waals surface area contributed by atoms with Gasteiger partial charge in [-0.05, 0) is 18.8 Å². The largest absolute Gasteiger partial charge is 0.378 e. The first-order chi connectivity index (χ1) is 11.2. The second-order valence-electron chi connectivity index (χ2n) is 7.00. The molecule has 6 nitrogen and oxygen atoms in total. The Morgan fingerprint density at radius 2 is 1.67 bits per heavy atom. The molecule has 3 rings (SSSR count). The summed E-state index contributed by atoms with van der Waals surface area (Å²) in [7, 11) is 0. The van der Waals surface area contributed by atoms with Gasteiger partial charge in [0.2, 0.25) is 11.8 Å². The normalized spacial score (nSPS) is 25.9. The van der Waals surface area contributed by atoms with E-state index in [9.17, 15) is 9.59 Å². The van der Waals surface area contributed by atoms with Gasteiger partial charge in [0.05, 0.1) is 13.2 Å². The van der Waals surface area contributed by atoms with Crippen LogP contribution < -0.4 is 5.32 Å². The van der Waals surface area contributed by atoms with E-state index >= 15 is 0 Å². The van der Waals surface area contributed by atoms with Gasteiger partial charge >= 0.3 is 0 Å². The fourth-order valence-electron chi connectivity index (χ4n) is 3.89. The van der Waals surface area contributed by atoms with Crippen molar-refractivity contribution in [2.75, 3.05) is 45.9 Å². The topological polar surface area (TPSA) is 61.9 Å². The third-order valence-electron chi connectivity index (χ3n) is 5.35. The van der Waals surface area contributed by atoms with Crippen LogP contribution in [0.4, 0.5) is 0 Å². The number of carbonyl (C=O) groups is 2. The average molecular weight is 360 g/mol. The summed E-state index contributed by atoms with van der Waals surface area (Å²) in [5.41, 5.74) is 0. The molecule has 138 valence electrons. The Balaban J connectivity index is 0.00000208. The van der Waals surface area contributed by atoms with Crippen LogP contribution in [0.25, 0.3) is 0 Å². The molecular formula is C17H30ClN3O3. The lowest BCUT2D eigenvalue weighted by Gasteiger charge is -2.37. The molecule has 0 aromatic heterocycles. The monoisotopic (exact) mass is 359 g/mol. The highest BCUT2D eigenvalue weighted by Crippen LogP contribution is 2.27. The van der Waals surface area contributed by atoms with Crippen LogP contribution in [0.15, 0.2) is 0 Å². The fourth-order valence-corrected chi connectivity index (χ4v) is 3.89. The van der Waals surface area contributed by atoms with E-state index < -0.39 is 0 Å². The van der Waals surface area contributed by atoms with Crippen molar-refractivity contribution in [2.24, 2.45) is 5.92 Å². The molecule has 0 aromatic carbocycles. The zero-order valence-corrected chi connectivity index (χ0v) is 15.2. The third kappa shape index (κ3) is 5.07. The summed E-state index contributed by atoms with van der Waals surface area (Å²) in [6, 6.07) is -0.215. The highest BCUT2D eigenvalue weighted by Gasteiger charge is 2.30. The minimum Gasteiger partial charge on any atom is -0.378 e. The molecule has 1 saturated carbocycles. The molecule has 0 radical (unpaired) electrons. The molecule has 2 aliphatic heterocycles. The third-order valence-corrected chi connectivity index (χ3v) is 5.35. The molecule has 3 fully saturated rings. The number of hydrogen-bond donors (Lipinski definition) is 1. The van der Waals surface area contributed by atoms with Crippen LogP contribution in [-0.4, -0.2) is 73.6 Å². The zero-order valence-electron chi connectivity index (χ0n) is 14.4. The number of morpholine rings is 1. The van der Waals surface area contributed by atoms with Crippen LogP contribution in [0.5, 0.6) is 0 Å². The summed E-state index contributed by atoms with van der Waals surface area (Å²) < 4.78 is 5.36. The number of amides is 2. The van der Waals surface area contributed by atoms with Crippen molar-refractivity contribution in [2.45, 2.75) is 44.6 Å². The van der Waals surface area contributed by atoms with Crippen LogP contribution in [0.1, 0.15) is 38.5 Å². The van der Waals surface area contributed by atoms with E-state index in [4.69, 9.17) is 4.74 Å². The Hall–Kier alpha value is -0.850. The van der Waals surface area contributed by atoms with Gasteiger partial charge in [-0.1, -0.05) is 19.3 Å². The Labute approximate surface area is 150 Å². The number of hydrogen-bond acceptors (Lipinski definition) is 4. The molecular weight excluding hydrogens is 330 g/mol. The first kappa shape index (κ1) is 19.5. The van der Waals surface area contributed by atoms with E-state index in [-0.39, 0.29) is 30.3 Å². The standard InChI is InChI=1S/C17H29N3O3.ClH/c21-16(12-14-4-2-1-3-5-14)19-7-9-20(10-8-19)17(22)15-13-23-11-6-18-15;/h14-15,18H,1-13H2;1H. The second-order valence-corrected chi connectivity index (χ2v) is 7.00. The summed E-state index contributed by atoms with van der Waals surface area (Å²) in [4.78, 5) is 28.7. The average Bonchev–Trinajstić information content (AvgIpc) is 2.63. The number of nitrogens with one attached hydrogen (secondary N) is 1. The highest BCUT2D eigenvalue weighted by molar-refractivity contribution is 5.85. The van der Waals surface area contributed by atoms with Crippen LogP contribution in [0.2, 0.25) is 0 Å². The number of piperazine rings is 1. The van der Waals surface area contributed by atoms with Crippen LogP contribution in [0.3, 0.4) is 0 Å². The minimum absolute atomic E-state index is 0.